The Kier molecular flexibility index (Phi) is 4.94. The van der Waals surface area contributed by atoms with Crippen molar-refractivity contribution in [1.82, 2.24) is 14.8 Å². The highest BCUT2D eigenvalue weighted by Gasteiger charge is 2.33. The van der Waals surface area contributed by atoms with E-state index < -0.39 is 0 Å². The third-order valence-corrected chi connectivity index (χ3v) is 6.81. The van der Waals surface area contributed by atoms with Gasteiger partial charge in [-0.3, -0.25) is 9.59 Å². The predicted molar refractivity (Wildman–Crippen MR) is 103 cm³/mol. The number of thiazole rings is 1. The SMILES string of the molecule is CC(=O)N1CCC[C@@H](C(=O)N2CCC[C@@H](c3nc4ccccc4s3)C2)C1. The van der Waals surface area contributed by atoms with Gasteiger partial charge in [0.25, 0.3) is 0 Å². The van der Waals surface area contributed by atoms with E-state index in [1.807, 2.05) is 21.9 Å². The van der Waals surface area contributed by atoms with Crippen LogP contribution in [-0.2, 0) is 9.59 Å². The van der Waals surface area contributed by atoms with Gasteiger partial charge in [0.2, 0.25) is 11.8 Å². The number of likely N-dealkylation sites (tertiary alicyclic amines) is 2. The van der Waals surface area contributed by atoms with E-state index in [0.29, 0.717) is 12.5 Å². The molecule has 4 rings (SSSR count). The quantitative estimate of drug-likeness (QED) is 0.814. The zero-order valence-electron chi connectivity index (χ0n) is 15.2. The maximum absolute atomic E-state index is 13.0. The van der Waals surface area contributed by atoms with Gasteiger partial charge in [-0.1, -0.05) is 12.1 Å². The number of carbonyl (C=O) groups is 2. The zero-order chi connectivity index (χ0) is 18.1. The summed E-state index contributed by atoms with van der Waals surface area (Å²) in [7, 11) is 0. The van der Waals surface area contributed by atoms with E-state index in [1.165, 1.54) is 4.70 Å². The number of para-hydroxylation sites is 1. The molecule has 2 fully saturated rings. The highest BCUT2D eigenvalue weighted by Crippen LogP contribution is 2.33. The smallest absolute Gasteiger partial charge is 0.227 e. The minimum absolute atomic E-state index is 0.0400. The molecule has 2 aliphatic rings. The van der Waals surface area contributed by atoms with Crippen LogP contribution in [0.4, 0.5) is 0 Å². The summed E-state index contributed by atoms with van der Waals surface area (Å²) in [5, 5.41) is 1.15. The summed E-state index contributed by atoms with van der Waals surface area (Å²) in [4.78, 5) is 33.3. The normalized spacial score (nSPS) is 24.0. The number of fused-ring (bicyclic) bond motifs is 1. The van der Waals surface area contributed by atoms with Gasteiger partial charge >= 0.3 is 0 Å². The second-order valence-electron chi connectivity index (χ2n) is 7.45. The van der Waals surface area contributed by atoms with E-state index in [2.05, 4.69) is 12.1 Å². The van der Waals surface area contributed by atoms with Crippen molar-refractivity contribution in [3.63, 3.8) is 0 Å². The van der Waals surface area contributed by atoms with E-state index in [4.69, 9.17) is 4.98 Å². The van der Waals surface area contributed by atoms with Crippen LogP contribution in [0, 0.1) is 5.92 Å². The fourth-order valence-corrected chi connectivity index (χ4v) is 5.26. The molecule has 6 heteroatoms. The predicted octanol–water partition coefficient (Wildman–Crippen LogP) is 3.26. The summed E-state index contributed by atoms with van der Waals surface area (Å²) >= 11 is 1.76. The van der Waals surface area contributed by atoms with Crippen molar-refractivity contribution in [2.24, 2.45) is 5.92 Å². The molecule has 2 aliphatic heterocycles. The first-order chi connectivity index (χ1) is 12.6. The minimum atomic E-state index is -0.0400. The number of nitrogens with zero attached hydrogens (tertiary/aromatic N) is 3. The van der Waals surface area contributed by atoms with E-state index in [1.54, 1.807) is 18.3 Å². The van der Waals surface area contributed by atoms with Gasteiger partial charge in [-0.15, -0.1) is 11.3 Å². The lowest BCUT2D eigenvalue weighted by Crippen LogP contribution is -2.48. The summed E-state index contributed by atoms with van der Waals surface area (Å²) in [6.07, 6.45) is 3.93. The van der Waals surface area contributed by atoms with Crippen LogP contribution < -0.4 is 0 Å². The van der Waals surface area contributed by atoms with Gasteiger partial charge in [-0.2, -0.15) is 0 Å². The Morgan fingerprint density at radius 1 is 1.08 bits per heavy atom. The van der Waals surface area contributed by atoms with Crippen LogP contribution in [0.1, 0.15) is 43.5 Å². The molecule has 2 saturated heterocycles. The van der Waals surface area contributed by atoms with Crippen LogP contribution in [0.3, 0.4) is 0 Å². The Labute approximate surface area is 158 Å². The Balaban J connectivity index is 1.46. The van der Waals surface area contributed by atoms with Crippen LogP contribution in [0.15, 0.2) is 24.3 Å². The number of amides is 2. The molecule has 0 bridgehead atoms. The largest absolute Gasteiger partial charge is 0.342 e. The van der Waals surface area contributed by atoms with Gasteiger partial charge in [0.1, 0.15) is 0 Å². The Morgan fingerprint density at radius 3 is 2.65 bits per heavy atom. The summed E-state index contributed by atoms with van der Waals surface area (Å²) in [5.74, 6) is 0.592. The van der Waals surface area contributed by atoms with Gasteiger partial charge in [0, 0.05) is 39.0 Å². The Morgan fingerprint density at radius 2 is 1.85 bits per heavy atom. The molecule has 3 heterocycles. The topological polar surface area (TPSA) is 53.5 Å². The minimum Gasteiger partial charge on any atom is -0.342 e. The van der Waals surface area contributed by atoms with Crippen molar-refractivity contribution in [3.05, 3.63) is 29.3 Å². The molecular formula is C20H25N3O2S. The lowest BCUT2D eigenvalue weighted by molar-refractivity contribution is -0.141. The first-order valence-electron chi connectivity index (χ1n) is 9.51. The molecule has 0 N–H and O–H groups in total. The molecule has 26 heavy (non-hydrogen) atoms. The zero-order valence-corrected chi connectivity index (χ0v) is 16.0. The number of carbonyl (C=O) groups excluding carboxylic acids is 2. The molecule has 1 aromatic carbocycles. The van der Waals surface area contributed by atoms with Crippen molar-refractivity contribution >= 4 is 33.4 Å². The third kappa shape index (κ3) is 3.47. The van der Waals surface area contributed by atoms with E-state index in [-0.39, 0.29) is 17.7 Å². The van der Waals surface area contributed by atoms with Crippen molar-refractivity contribution in [2.45, 2.75) is 38.5 Å². The summed E-state index contributed by atoms with van der Waals surface area (Å²) in [6, 6.07) is 8.23. The number of hydrogen-bond donors (Lipinski definition) is 0. The Hall–Kier alpha value is -1.95. The highest BCUT2D eigenvalue weighted by atomic mass is 32.1. The second-order valence-corrected chi connectivity index (χ2v) is 8.51. The van der Waals surface area contributed by atoms with Gasteiger partial charge in [-0.25, -0.2) is 4.98 Å². The van der Waals surface area contributed by atoms with Gasteiger partial charge in [-0.05, 0) is 37.8 Å². The van der Waals surface area contributed by atoms with E-state index in [0.717, 1.165) is 55.8 Å². The fraction of sp³-hybridized carbons (Fsp3) is 0.550. The summed E-state index contributed by atoms with van der Waals surface area (Å²) < 4.78 is 1.22. The van der Waals surface area contributed by atoms with Crippen LogP contribution in [-0.4, -0.2) is 52.8 Å². The first-order valence-corrected chi connectivity index (χ1v) is 10.3. The molecular weight excluding hydrogens is 346 g/mol. The number of rotatable bonds is 2. The van der Waals surface area contributed by atoms with Crippen molar-refractivity contribution in [2.75, 3.05) is 26.2 Å². The average Bonchev–Trinajstić information content (AvgIpc) is 3.12. The molecule has 0 aliphatic carbocycles. The Bertz CT molecular complexity index is 785. The third-order valence-electron chi connectivity index (χ3n) is 5.61. The number of benzene rings is 1. The number of hydrogen-bond acceptors (Lipinski definition) is 4. The average molecular weight is 372 g/mol. The fourth-order valence-electron chi connectivity index (χ4n) is 4.17. The summed E-state index contributed by atoms with van der Waals surface area (Å²) in [6.45, 7) is 4.55. The van der Waals surface area contributed by atoms with Crippen LogP contribution in [0.5, 0.6) is 0 Å². The van der Waals surface area contributed by atoms with Crippen molar-refractivity contribution in [1.29, 1.82) is 0 Å². The monoisotopic (exact) mass is 371 g/mol. The highest BCUT2D eigenvalue weighted by molar-refractivity contribution is 7.18. The van der Waals surface area contributed by atoms with Crippen LogP contribution >= 0.6 is 11.3 Å². The molecule has 2 amide bonds. The maximum Gasteiger partial charge on any atom is 0.227 e. The molecule has 0 unspecified atom stereocenters. The maximum atomic E-state index is 13.0. The first kappa shape index (κ1) is 17.5. The second kappa shape index (κ2) is 7.35. The van der Waals surface area contributed by atoms with Crippen molar-refractivity contribution in [3.8, 4) is 0 Å². The van der Waals surface area contributed by atoms with Crippen LogP contribution in [0.25, 0.3) is 10.2 Å². The molecule has 5 nitrogen and oxygen atoms in total. The van der Waals surface area contributed by atoms with E-state index in [9.17, 15) is 9.59 Å². The molecule has 0 spiro atoms. The number of piperidine rings is 2. The van der Waals surface area contributed by atoms with Gasteiger partial charge < -0.3 is 9.80 Å². The molecule has 0 saturated carbocycles. The molecule has 1 aromatic heterocycles. The van der Waals surface area contributed by atoms with Crippen LogP contribution in [0.2, 0.25) is 0 Å². The van der Waals surface area contributed by atoms with Gasteiger partial charge in [0.15, 0.2) is 0 Å². The molecule has 2 aromatic rings. The lowest BCUT2D eigenvalue weighted by Gasteiger charge is -2.37. The molecule has 2 atom stereocenters. The van der Waals surface area contributed by atoms with Gasteiger partial charge in [0.05, 0.1) is 21.1 Å². The lowest BCUT2D eigenvalue weighted by atomic mass is 9.93. The standard InChI is InChI=1S/C20H25N3O2S/c1-14(24)22-10-5-7-16(13-22)20(25)23-11-4-6-15(12-23)19-21-17-8-2-3-9-18(17)26-19/h2-3,8-9,15-16H,4-7,10-13H2,1H3/t15-,16-/m1/s1. The van der Waals surface area contributed by atoms with E-state index >= 15 is 0 Å². The number of aromatic nitrogens is 1. The van der Waals surface area contributed by atoms with Crippen molar-refractivity contribution < 1.29 is 9.59 Å². The summed E-state index contributed by atoms with van der Waals surface area (Å²) in [5.41, 5.74) is 1.06. The molecule has 138 valence electrons. The molecule has 0 radical (unpaired) electrons.